The maximum Gasteiger partial charge on any atom is 0.0433 e. The highest BCUT2D eigenvalue weighted by atomic mass is 32.1. The summed E-state index contributed by atoms with van der Waals surface area (Å²) in [5, 5.41) is 5.27. The van der Waals surface area contributed by atoms with E-state index in [9.17, 15) is 0 Å². The van der Waals surface area contributed by atoms with Crippen LogP contribution >= 0.6 is 22.7 Å². The molecule has 1 aliphatic rings. The lowest BCUT2D eigenvalue weighted by Gasteiger charge is -2.25. The standard InChI is InChI=1S/C54H32S2/c1-2-15-40-39(14-1)41-16-3-4-17-43(41)47-25-11-22-36(52(47)46-21-6-5-18-42(40)46)33-30-34(37-23-12-26-48-44-19-7-9-28-50(44)55-53(37)48)32-35(31-33)38-24-13-27-49-45-20-8-10-29-51(45)56-54(38)49/h1-32H. The van der Waals surface area contributed by atoms with Gasteiger partial charge in [0, 0.05) is 40.3 Å². The van der Waals surface area contributed by atoms with E-state index in [1.807, 2.05) is 22.7 Å². The molecule has 0 N–H and O–H groups in total. The first-order chi connectivity index (χ1) is 27.8. The van der Waals surface area contributed by atoms with Crippen molar-refractivity contribution in [1.29, 1.82) is 0 Å². The zero-order chi connectivity index (χ0) is 36.7. The Morgan fingerprint density at radius 3 is 1.07 bits per heavy atom. The first-order valence-electron chi connectivity index (χ1n) is 19.2. The van der Waals surface area contributed by atoms with Crippen LogP contribution in [0.4, 0.5) is 0 Å². The van der Waals surface area contributed by atoms with Gasteiger partial charge in [0.05, 0.1) is 0 Å². The maximum atomic E-state index is 2.45. The zero-order valence-corrected chi connectivity index (χ0v) is 31.9. The van der Waals surface area contributed by atoms with E-state index >= 15 is 0 Å². The molecule has 12 rings (SSSR count). The van der Waals surface area contributed by atoms with Crippen LogP contribution in [-0.4, -0.2) is 0 Å². The molecule has 0 amide bonds. The van der Waals surface area contributed by atoms with Crippen molar-refractivity contribution >= 4 is 63.0 Å². The molecule has 260 valence electrons. The van der Waals surface area contributed by atoms with Crippen LogP contribution in [0.15, 0.2) is 194 Å². The lowest BCUT2D eigenvalue weighted by atomic mass is 9.78. The third-order valence-corrected chi connectivity index (χ3v) is 14.1. The molecular formula is C54H32S2. The fourth-order valence-electron chi connectivity index (χ4n) is 9.19. The molecule has 0 atom stereocenters. The molecule has 0 unspecified atom stereocenters. The van der Waals surface area contributed by atoms with Crippen molar-refractivity contribution < 1.29 is 0 Å². The van der Waals surface area contributed by atoms with Crippen molar-refractivity contribution in [2.24, 2.45) is 0 Å². The summed E-state index contributed by atoms with van der Waals surface area (Å²) < 4.78 is 5.30. The van der Waals surface area contributed by atoms with Crippen molar-refractivity contribution in [3.8, 4) is 77.9 Å². The minimum atomic E-state index is 1.21. The molecule has 11 aromatic rings. The Hall–Kier alpha value is -6.58. The monoisotopic (exact) mass is 744 g/mol. The molecule has 0 fully saturated rings. The van der Waals surface area contributed by atoms with Gasteiger partial charge >= 0.3 is 0 Å². The van der Waals surface area contributed by atoms with E-state index in [0.29, 0.717) is 0 Å². The Morgan fingerprint density at radius 1 is 0.232 bits per heavy atom. The van der Waals surface area contributed by atoms with Gasteiger partial charge in [0.25, 0.3) is 0 Å². The average Bonchev–Trinajstić information content (AvgIpc) is 3.84. The van der Waals surface area contributed by atoms with Gasteiger partial charge in [-0.15, -0.1) is 22.7 Å². The molecule has 0 aliphatic heterocycles. The predicted octanol–water partition coefficient (Wildman–Crippen LogP) is 16.4. The number of hydrogen-bond acceptors (Lipinski definition) is 2. The second-order valence-electron chi connectivity index (χ2n) is 14.7. The van der Waals surface area contributed by atoms with Crippen molar-refractivity contribution in [2.45, 2.75) is 0 Å². The third-order valence-electron chi connectivity index (χ3n) is 11.7. The number of thiophene rings is 2. The van der Waals surface area contributed by atoms with Gasteiger partial charge in [-0.05, 0) is 108 Å². The first-order valence-corrected chi connectivity index (χ1v) is 20.8. The Bertz CT molecular complexity index is 3240. The van der Waals surface area contributed by atoms with Gasteiger partial charge < -0.3 is 0 Å². The second kappa shape index (κ2) is 12.5. The second-order valence-corrected chi connectivity index (χ2v) is 16.8. The molecule has 9 aromatic carbocycles. The van der Waals surface area contributed by atoms with Gasteiger partial charge in [-0.1, -0.05) is 164 Å². The first kappa shape index (κ1) is 31.7. The van der Waals surface area contributed by atoms with E-state index in [1.54, 1.807) is 0 Å². The lowest BCUT2D eigenvalue weighted by Crippen LogP contribution is -1.99. The molecular weight excluding hydrogens is 713 g/mol. The van der Waals surface area contributed by atoms with Crippen molar-refractivity contribution in [2.75, 3.05) is 0 Å². The lowest BCUT2D eigenvalue weighted by molar-refractivity contribution is 1.51. The van der Waals surface area contributed by atoms with Crippen molar-refractivity contribution in [3.63, 3.8) is 0 Å². The molecule has 0 spiro atoms. The predicted molar refractivity (Wildman–Crippen MR) is 244 cm³/mol. The van der Waals surface area contributed by atoms with Gasteiger partial charge in [-0.3, -0.25) is 0 Å². The van der Waals surface area contributed by atoms with Gasteiger partial charge in [-0.2, -0.15) is 0 Å². The molecule has 56 heavy (non-hydrogen) atoms. The third kappa shape index (κ3) is 4.77. The normalized spacial score (nSPS) is 11.9. The largest absolute Gasteiger partial charge is 0.135 e. The fourth-order valence-corrected chi connectivity index (χ4v) is 11.7. The Morgan fingerprint density at radius 2 is 0.554 bits per heavy atom. The maximum absolute atomic E-state index is 2.45. The molecule has 0 bridgehead atoms. The smallest absolute Gasteiger partial charge is 0.0433 e. The summed E-state index contributed by atoms with van der Waals surface area (Å²) in [5.41, 5.74) is 17.5. The SMILES string of the molecule is c1ccc2c(c1)-c1ccccc1-c1cccc(-c3cc(-c4cccc5c4sc4ccccc45)cc(-c4cccc5c4sc4ccccc45)c3)c1-c1ccccc1-2. The van der Waals surface area contributed by atoms with E-state index in [2.05, 4.69) is 194 Å². The Balaban J connectivity index is 1.19. The molecule has 1 aliphatic carbocycles. The van der Waals surface area contributed by atoms with Crippen molar-refractivity contribution in [1.82, 2.24) is 0 Å². The zero-order valence-electron chi connectivity index (χ0n) is 30.3. The van der Waals surface area contributed by atoms with Gasteiger partial charge in [-0.25, -0.2) is 0 Å². The van der Waals surface area contributed by atoms with Crippen LogP contribution in [0.2, 0.25) is 0 Å². The highest BCUT2D eigenvalue weighted by Crippen LogP contribution is 2.52. The van der Waals surface area contributed by atoms with Crippen molar-refractivity contribution in [3.05, 3.63) is 194 Å². The molecule has 2 heterocycles. The summed E-state index contributed by atoms with van der Waals surface area (Å²) >= 11 is 3.80. The summed E-state index contributed by atoms with van der Waals surface area (Å²) in [6.45, 7) is 0. The van der Waals surface area contributed by atoms with Gasteiger partial charge in [0.1, 0.15) is 0 Å². The van der Waals surface area contributed by atoms with E-state index in [-0.39, 0.29) is 0 Å². The van der Waals surface area contributed by atoms with Crippen LogP contribution < -0.4 is 0 Å². The van der Waals surface area contributed by atoms with Gasteiger partial charge in [0.15, 0.2) is 0 Å². The van der Waals surface area contributed by atoms with E-state index in [0.717, 1.165) is 0 Å². The van der Waals surface area contributed by atoms with Crippen LogP contribution in [0.5, 0.6) is 0 Å². The summed E-state index contributed by atoms with van der Waals surface area (Å²) in [4.78, 5) is 0. The molecule has 0 radical (unpaired) electrons. The molecule has 0 nitrogen and oxygen atoms in total. The minimum Gasteiger partial charge on any atom is -0.135 e. The number of hydrogen-bond donors (Lipinski definition) is 0. The van der Waals surface area contributed by atoms with Gasteiger partial charge in [0.2, 0.25) is 0 Å². The average molecular weight is 745 g/mol. The molecule has 0 saturated heterocycles. The topological polar surface area (TPSA) is 0 Å². The molecule has 2 heteroatoms. The molecule has 0 saturated carbocycles. The fraction of sp³-hybridized carbons (Fsp3) is 0. The highest BCUT2D eigenvalue weighted by molar-refractivity contribution is 7.26. The Kier molecular flexibility index (Phi) is 7.07. The van der Waals surface area contributed by atoms with Crippen LogP contribution in [-0.2, 0) is 0 Å². The summed E-state index contributed by atoms with van der Waals surface area (Å²) in [6, 6.07) is 72.4. The minimum absolute atomic E-state index is 1.21. The Labute approximate surface area is 333 Å². The number of fused-ring (bicyclic) bond motifs is 14. The van der Waals surface area contributed by atoms with Crippen LogP contribution in [0.3, 0.4) is 0 Å². The van der Waals surface area contributed by atoms with Crippen LogP contribution in [0.1, 0.15) is 0 Å². The van der Waals surface area contributed by atoms with Crippen LogP contribution in [0.25, 0.3) is 118 Å². The summed E-state index contributed by atoms with van der Waals surface area (Å²) in [6.07, 6.45) is 0. The molecule has 2 aromatic heterocycles. The quantitative estimate of drug-likeness (QED) is 0.169. The number of benzene rings is 9. The van der Waals surface area contributed by atoms with E-state index < -0.39 is 0 Å². The van der Waals surface area contributed by atoms with E-state index in [4.69, 9.17) is 0 Å². The highest BCUT2D eigenvalue weighted by Gasteiger charge is 2.25. The summed E-state index contributed by atoms with van der Waals surface area (Å²) in [7, 11) is 0. The van der Waals surface area contributed by atoms with E-state index in [1.165, 1.54) is 118 Å². The van der Waals surface area contributed by atoms with Crippen LogP contribution in [0, 0.1) is 0 Å². The number of rotatable bonds is 3. The summed E-state index contributed by atoms with van der Waals surface area (Å²) in [5.74, 6) is 0.